The number of aliphatic imine (C=N–C) groups is 1. The van der Waals surface area contributed by atoms with E-state index in [0.717, 1.165) is 5.56 Å². The summed E-state index contributed by atoms with van der Waals surface area (Å²) in [5.74, 6) is -0.533. The van der Waals surface area contributed by atoms with Gasteiger partial charge in [-0.2, -0.15) is 0 Å². The fourth-order valence-electron chi connectivity index (χ4n) is 2.40. The Balaban J connectivity index is 2.26. The van der Waals surface area contributed by atoms with Crippen LogP contribution in [0.4, 0.5) is 0 Å². The molecule has 6 nitrogen and oxygen atoms in total. The molecule has 1 aliphatic heterocycles. The minimum atomic E-state index is -0.466. The van der Waals surface area contributed by atoms with E-state index in [1.165, 1.54) is 11.8 Å². The van der Waals surface area contributed by atoms with Gasteiger partial charge in [0, 0.05) is 5.70 Å². The van der Waals surface area contributed by atoms with Crippen molar-refractivity contribution in [3.8, 4) is 0 Å². The number of amidine groups is 1. The topological polar surface area (TPSA) is 77.0 Å². The van der Waals surface area contributed by atoms with Gasteiger partial charge in [-0.15, -0.1) is 0 Å². The predicted molar refractivity (Wildman–Crippen MR) is 98.2 cm³/mol. The lowest BCUT2D eigenvalue weighted by Crippen LogP contribution is -2.31. The second-order valence-electron chi connectivity index (χ2n) is 5.23. The Morgan fingerprint density at radius 2 is 1.84 bits per heavy atom. The van der Waals surface area contributed by atoms with Crippen LogP contribution in [-0.4, -0.2) is 36.1 Å². The van der Waals surface area contributed by atoms with Gasteiger partial charge in [0.15, 0.2) is 5.17 Å². The third kappa shape index (κ3) is 5.09. The first-order chi connectivity index (χ1) is 12.1. The standard InChI is InChI=1S/C18H22N2O4S/c1-4-23-14(21)11-25-18-19-12(3)15(17(22)24-5-2)16(20-18)13-9-7-6-8-10-13/h6-10,16H,4-5,11H2,1-3H3,(H,19,20)/t16-/m1/s1. The zero-order valence-corrected chi connectivity index (χ0v) is 15.4. The van der Waals surface area contributed by atoms with Crippen molar-refractivity contribution in [2.75, 3.05) is 19.0 Å². The number of nitrogens with one attached hydrogen (secondary N) is 1. The number of carbonyl (C=O) groups is 2. The largest absolute Gasteiger partial charge is 0.465 e. The zero-order chi connectivity index (χ0) is 18.2. The molecule has 1 aromatic rings. The predicted octanol–water partition coefficient (Wildman–Crippen LogP) is 2.82. The second-order valence-corrected chi connectivity index (χ2v) is 6.19. The Kier molecular flexibility index (Phi) is 7.06. The number of hydrogen-bond acceptors (Lipinski definition) is 7. The molecule has 134 valence electrons. The molecule has 1 heterocycles. The number of rotatable bonds is 6. The lowest BCUT2D eigenvalue weighted by atomic mass is 9.97. The SMILES string of the molecule is CCOC(=O)CSC1=N[C@H](c2ccccc2)C(C(=O)OCC)=C(C)N1. The summed E-state index contributed by atoms with van der Waals surface area (Å²) in [6, 6.07) is 9.07. The highest BCUT2D eigenvalue weighted by atomic mass is 32.2. The summed E-state index contributed by atoms with van der Waals surface area (Å²) < 4.78 is 10.1. The van der Waals surface area contributed by atoms with Gasteiger partial charge in [0.25, 0.3) is 0 Å². The molecule has 2 rings (SSSR count). The van der Waals surface area contributed by atoms with E-state index in [9.17, 15) is 9.59 Å². The Bertz CT molecular complexity index is 686. The highest BCUT2D eigenvalue weighted by Crippen LogP contribution is 2.32. The first-order valence-corrected chi connectivity index (χ1v) is 9.11. The molecule has 1 atom stereocenters. The van der Waals surface area contributed by atoms with Gasteiger partial charge in [0.05, 0.1) is 24.5 Å². The molecule has 0 fully saturated rings. The van der Waals surface area contributed by atoms with Crippen molar-refractivity contribution in [1.29, 1.82) is 0 Å². The molecule has 0 amide bonds. The third-order valence-electron chi connectivity index (χ3n) is 3.46. The van der Waals surface area contributed by atoms with Crippen molar-refractivity contribution in [2.45, 2.75) is 26.8 Å². The molecular formula is C18H22N2O4S. The molecule has 7 heteroatoms. The van der Waals surface area contributed by atoms with E-state index in [-0.39, 0.29) is 17.7 Å². The fourth-order valence-corrected chi connectivity index (χ4v) is 3.14. The van der Waals surface area contributed by atoms with Crippen LogP contribution in [0.25, 0.3) is 0 Å². The summed E-state index contributed by atoms with van der Waals surface area (Å²) in [4.78, 5) is 28.6. The van der Waals surface area contributed by atoms with Crippen LogP contribution in [0.15, 0.2) is 46.6 Å². The van der Waals surface area contributed by atoms with Crippen LogP contribution >= 0.6 is 11.8 Å². The highest BCUT2D eigenvalue weighted by Gasteiger charge is 2.30. The van der Waals surface area contributed by atoms with E-state index in [1.807, 2.05) is 37.3 Å². The smallest absolute Gasteiger partial charge is 0.338 e. The van der Waals surface area contributed by atoms with E-state index < -0.39 is 6.04 Å². The molecule has 25 heavy (non-hydrogen) atoms. The van der Waals surface area contributed by atoms with E-state index in [2.05, 4.69) is 10.3 Å². The maximum atomic E-state index is 12.4. The molecule has 0 aromatic heterocycles. The van der Waals surface area contributed by atoms with Gasteiger partial charge in [-0.05, 0) is 26.3 Å². The molecule has 0 spiro atoms. The zero-order valence-electron chi connectivity index (χ0n) is 14.6. The molecule has 0 bridgehead atoms. The number of ether oxygens (including phenoxy) is 2. The van der Waals surface area contributed by atoms with Crippen molar-refractivity contribution >= 4 is 28.9 Å². The van der Waals surface area contributed by atoms with Gasteiger partial charge in [-0.25, -0.2) is 9.79 Å². The summed E-state index contributed by atoms with van der Waals surface area (Å²) >= 11 is 1.25. The average molecular weight is 362 g/mol. The summed E-state index contributed by atoms with van der Waals surface area (Å²) in [6.07, 6.45) is 0. The quantitative estimate of drug-likeness (QED) is 0.784. The number of nitrogens with zero attached hydrogens (tertiary/aromatic N) is 1. The normalized spacial score (nSPS) is 16.8. The lowest BCUT2D eigenvalue weighted by Gasteiger charge is -2.25. The third-order valence-corrected chi connectivity index (χ3v) is 4.32. The number of thioether (sulfide) groups is 1. The van der Waals surface area contributed by atoms with Gasteiger partial charge in [-0.3, -0.25) is 4.79 Å². The van der Waals surface area contributed by atoms with Crippen LogP contribution in [0.3, 0.4) is 0 Å². The van der Waals surface area contributed by atoms with Crippen molar-refractivity contribution in [3.63, 3.8) is 0 Å². The summed E-state index contributed by atoms with van der Waals surface area (Å²) in [7, 11) is 0. The van der Waals surface area contributed by atoms with Crippen LogP contribution < -0.4 is 5.32 Å². The average Bonchev–Trinajstić information content (AvgIpc) is 2.60. The minimum Gasteiger partial charge on any atom is -0.465 e. The van der Waals surface area contributed by atoms with E-state index in [4.69, 9.17) is 9.47 Å². The Hall–Kier alpha value is -2.28. The fraction of sp³-hybridized carbons (Fsp3) is 0.389. The van der Waals surface area contributed by atoms with E-state index in [0.29, 0.717) is 29.7 Å². The molecule has 0 saturated carbocycles. The van der Waals surface area contributed by atoms with Gasteiger partial charge >= 0.3 is 11.9 Å². The second kappa shape index (κ2) is 9.27. The number of allylic oxidation sites excluding steroid dienone is 1. The van der Waals surface area contributed by atoms with Crippen LogP contribution in [-0.2, 0) is 19.1 Å². The van der Waals surface area contributed by atoms with Crippen LogP contribution in [0.2, 0.25) is 0 Å². The molecule has 0 unspecified atom stereocenters. The van der Waals surface area contributed by atoms with Gasteiger partial charge in [-0.1, -0.05) is 42.1 Å². The number of benzene rings is 1. The first kappa shape index (κ1) is 19.1. The monoisotopic (exact) mass is 362 g/mol. The van der Waals surface area contributed by atoms with Gasteiger partial charge in [0.1, 0.15) is 6.04 Å². The molecular weight excluding hydrogens is 340 g/mol. The summed E-state index contributed by atoms with van der Waals surface area (Å²) in [5, 5.41) is 3.66. The molecule has 0 radical (unpaired) electrons. The van der Waals surface area contributed by atoms with Crippen molar-refractivity contribution in [3.05, 3.63) is 47.2 Å². The molecule has 1 aromatic carbocycles. The van der Waals surface area contributed by atoms with Gasteiger partial charge in [0.2, 0.25) is 0 Å². The van der Waals surface area contributed by atoms with Crippen LogP contribution in [0.5, 0.6) is 0 Å². The van der Waals surface area contributed by atoms with E-state index in [1.54, 1.807) is 13.8 Å². The Morgan fingerprint density at radius 3 is 2.48 bits per heavy atom. The maximum Gasteiger partial charge on any atom is 0.338 e. The Labute approximate surface area is 151 Å². The Morgan fingerprint density at radius 1 is 1.16 bits per heavy atom. The number of hydrogen-bond donors (Lipinski definition) is 1. The molecule has 1 N–H and O–H groups in total. The van der Waals surface area contributed by atoms with Crippen molar-refractivity contribution < 1.29 is 19.1 Å². The minimum absolute atomic E-state index is 0.156. The number of carbonyl (C=O) groups excluding carboxylic acids is 2. The summed E-state index contributed by atoms with van der Waals surface area (Å²) in [6.45, 7) is 5.99. The highest BCUT2D eigenvalue weighted by molar-refractivity contribution is 8.14. The van der Waals surface area contributed by atoms with E-state index >= 15 is 0 Å². The maximum absolute atomic E-state index is 12.4. The number of esters is 2. The van der Waals surface area contributed by atoms with Crippen molar-refractivity contribution in [1.82, 2.24) is 5.32 Å². The molecule has 0 saturated heterocycles. The first-order valence-electron chi connectivity index (χ1n) is 8.12. The van der Waals surface area contributed by atoms with Crippen LogP contribution in [0.1, 0.15) is 32.4 Å². The summed E-state index contributed by atoms with van der Waals surface area (Å²) in [5.41, 5.74) is 2.04. The van der Waals surface area contributed by atoms with Crippen LogP contribution in [0, 0.1) is 0 Å². The lowest BCUT2D eigenvalue weighted by molar-refractivity contribution is -0.140. The van der Waals surface area contributed by atoms with Gasteiger partial charge < -0.3 is 14.8 Å². The molecule has 0 aliphatic carbocycles. The molecule has 1 aliphatic rings. The van der Waals surface area contributed by atoms with Crippen molar-refractivity contribution in [2.24, 2.45) is 4.99 Å².